The lowest BCUT2D eigenvalue weighted by atomic mass is 9.99. The van der Waals surface area contributed by atoms with Gasteiger partial charge in [-0.2, -0.15) is 0 Å². The van der Waals surface area contributed by atoms with Gasteiger partial charge in [-0.3, -0.25) is 9.69 Å². The summed E-state index contributed by atoms with van der Waals surface area (Å²) >= 11 is 0. The molecule has 3 rings (SSSR count). The summed E-state index contributed by atoms with van der Waals surface area (Å²) in [7, 11) is 0. The van der Waals surface area contributed by atoms with Crippen molar-refractivity contribution in [2.45, 2.75) is 52.5 Å². The van der Waals surface area contributed by atoms with Crippen LogP contribution in [0.5, 0.6) is 0 Å². The van der Waals surface area contributed by atoms with Gasteiger partial charge in [-0.25, -0.2) is 0 Å². The van der Waals surface area contributed by atoms with E-state index in [1.807, 2.05) is 24.3 Å². The minimum absolute atomic E-state index is 0.0466. The fourth-order valence-corrected chi connectivity index (χ4v) is 3.58. The van der Waals surface area contributed by atoms with Crippen molar-refractivity contribution >= 4 is 11.6 Å². The predicted molar refractivity (Wildman–Crippen MR) is 113 cm³/mol. The lowest BCUT2D eigenvalue weighted by molar-refractivity contribution is 0.102. The zero-order chi connectivity index (χ0) is 19.1. The van der Waals surface area contributed by atoms with Crippen LogP contribution in [0.4, 0.5) is 5.69 Å². The standard InChI is InChI=1S/C24H32N2O/c1-3-4-5-20-8-12-23(13-9-20)25-24(27)22-10-6-21(7-11-22)18-26-16-14-19(2)15-17-26/h6-13,19H,3-5,14-18H2,1-2H3,(H,25,27). The topological polar surface area (TPSA) is 32.3 Å². The molecule has 0 unspecified atom stereocenters. The van der Waals surface area contributed by atoms with Gasteiger partial charge >= 0.3 is 0 Å². The van der Waals surface area contributed by atoms with Crippen LogP contribution in [0.2, 0.25) is 0 Å². The van der Waals surface area contributed by atoms with Crippen LogP contribution >= 0.6 is 0 Å². The summed E-state index contributed by atoms with van der Waals surface area (Å²) in [6, 6.07) is 16.2. The lowest BCUT2D eigenvalue weighted by Gasteiger charge is -2.30. The Hall–Kier alpha value is -2.13. The third-order valence-corrected chi connectivity index (χ3v) is 5.53. The molecule has 144 valence electrons. The zero-order valence-corrected chi connectivity index (χ0v) is 16.7. The Morgan fingerprint density at radius 1 is 1.00 bits per heavy atom. The highest BCUT2D eigenvalue weighted by atomic mass is 16.1. The van der Waals surface area contributed by atoms with E-state index in [1.54, 1.807) is 0 Å². The second kappa shape index (κ2) is 9.70. The highest BCUT2D eigenvalue weighted by Gasteiger charge is 2.15. The highest BCUT2D eigenvalue weighted by Crippen LogP contribution is 2.19. The normalized spacial score (nSPS) is 15.6. The molecular formula is C24H32N2O. The number of carbonyl (C=O) groups is 1. The number of hydrogen-bond acceptors (Lipinski definition) is 2. The number of nitrogens with one attached hydrogen (secondary N) is 1. The Kier molecular flexibility index (Phi) is 7.05. The molecular weight excluding hydrogens is 332 g/mol. The van der Waals surface area contributed by atoms with Gasteiger partial charge in [0.1, 0.15) is 0 Å². The molecule has 0 spiro atoms. The first-order valence-electron chi connectivity index (χ1n) is 10.4. The molecule has 1 amide bonds. The molecule has 0 aromatic heterocycles. The minimum Gasteiger partial charge on any atom is -0.322 e. The van der Waals surface area contributed by atoms with Crippen molar-refractivity contribution in [2.75, 3.05) is 18.4 Å². The zero-order valence-electron chi connectivity index (χ0n) is 16.7. The van der Waals surface area contributed by atoms with Crippen molar-refractivity contribution in [1.29, 1.82) is 0 Å². The molecule has 0 atom stereocenters. The maximum Gasteiger partial charge on any atom is 0.255 e. The minimum atomic E-state index is -0.0466. The molecule has 1 saturated heterocycles. The summed E-state index contributed by atoms with van der Waals surface area (Å²) in [6.07, 6.45) is 6.08. The first kappa shape index (κ1) is 19.6. The van der Waals surface area contributed by atoms with Gasteiger partial charge < -0.3 is 5.32 Å². The van der Waals surface area contributed by atoms with Gasteiger partial charge in [0.15, 0.2) is 0 Å². The highest BCUT2D eigenvalue weighted by molar-refractivity contribution is 6.04. The number of carbonyl (C=O) groups excluding carboxylic acids is 1. The van der Waals surface area contributed by atoms with Gasteiger partial charge in [0.05, 0.1) is 0 Å². The van der Waals surface area contributed by atoms with Crippen LogP contribution in [0.25, 0.3) is 0 Å². The molecule has 3 heteroatoms. The molecule has 3 nitrogen and oxygen atoms in total. The van der Waals surface area contributed by atoms with Crippen molar-refractivity contribution in [3.63, 3.8) is 0 Å². The van der Waals surface area contributed by atoms with E-state index in [2.05, 4.69) is 48.3 Å². The molecule has 1 aliphatic heterocycles. The number of anilines is 1. The van der Waals surface area contributed by atoms with E-state index in [9.17, 15) is 4.79 Å². The monoisotopic (exact) mass is 364 g/mol. The third-order valence-electron chi connectivity index (χ3n) is 5.53. The van der Waals surface area contributed by atoms with Crippen LogP contribution in [-0.4, -0.2) is 23.9 Å². The van der Waals surface area contributed by atoms with E-state index in [0.717, 1.165) is 24.6 Å². The van der Waals surface area contributed by atoms with Gasteiger partial charge in [-0.15, -0.1) is 0 Å². The average Bonchev–Trinajstić information content (AvgIpc) is 2.70. The van der Waals surface area contributed by atoms with Crippen LogP contribution < -0.4 is 5.32 Å². The molecule has 1 heterocycles. The van der Waals surface area contributed by atoms with Crippen LogP contribution in [0.3, 0.4) is 0 Å². The van der Waals surface area contributed by atoms with Gasteiger partial charge in [-0.05, 0) is 80.1 Å². The number of hydrogen-bond donors (Lipinski definition) is 1. The predicted octanol–water partition coefficient (Wildman–Crippen LogP) is 5.51. The Bertz CT molecular complexity index is 713. The number of amides is 1. The average molecular weight is 365 g/mol. The summed E-state index contributed by atoms with van der Waals surface area (Å²) < 4.78 is 0. The van der Waals surface area contributed by atoms with Crippen molar-refractivity contribution in [3.8, 4) is 0 Å². The first-order valence-corrected chi connectivity index (χ1v) is 10.4. The molecule has 1 fully saturated rings. The first-order chi connectivity index (χ1) is 13.1. The van der Waals surface area contributed by atoms with Gasteiger partial charge in [0, 0.05) is 17.8 Å². The number of aryl methyl sites for hydroxylation is 1. The molecule has 2 aromatic carbocycles. The molecule has 1 aliphatic rings. The Morgan fingerprint density at radius 3 is 2.26 bits per heavy atom. The Morgan fingerprint density at radius 2 is 1.63 bits per heavy atom. The van der Waals surface area contributed by atoms with Crippen molar-refractivity contribution in [3.05, 3.63) is 65.2 Å². The van der Waals surface area contributed by atoms with E-state index in [-0.39, 0.29) is 5.91 Å². The largest absolute Gasteiger partial charge is 0.322 e. The van der Waals surface area contributed by atoms with Crippen molar-refractivity contribution < 1.29 is 4.79 Å². The molecule has 0 bridgehead atoms. The molecule has 0 aliphatic carbocycles. The van der Waals surface area contributed by atoms with Crippen LogP contribution in [-0.2, 0) is 13.0 Å². The number of likely N-dealkylation sites (tertiary alicyclic amines) is 1. The van der Waals surface area contributed by atoms with Gasteiger partial charge in [0.2, 0.25) is 0 Å². The molecule has 27 heavy (non-hydrogen) atoms. The number of benzene rings is 2. The van der Waals surface area contributed by atoms with Gasteiger partial charge in [0.25, 0.3) is 5.91 Å². The maximum absolute atomic E-state index is 12.5. The summed E-state index contributed by atoms with van der Waals surface area (Å²) in [6.45, 7) is 7.87. The van der Waals surface area contributed by atoms with Crippen LogP contribution in [0.15, 0.2) is 48.5 Å². The molecule has 0 saturated carbocycles. The number of unbranched alkanes of at least 4 members (excludes halogenated alkanes) is 1. The smallest absolute Gasteiger partial charge is 0.255 e. The lowest BCUT2D eigenvalue weighted by Crippen LogP contribution is -2.32. The summed E-state index contributed by atoms with van der Waals surface area (Å²) in [5.74, 6) is 0.808. The summed E-state index contributed by atoms with van der Waals surface area (Å²) in [5, 5.41) is 3.00. The van der Waals surface area contributed by atoms with Crippen LogP contribution in [0, 0.1) is 5.92 Å². The van der Waals surface area contributed by atoms with Gasteiger partial charge in [-0.1, -0.05) is 44.5 Å². The third kappa shape index (κ3) is 5.93. The fraction of sp³-hybridized carbons (Fsp3) is 0.458. The summed E-state index contributed by atoms with van der Waals surface area (Å²) in [4.78, 5) is 15.0. The number of nitrogens with zero attached hydrogens (tertiary/aromatic N) is 1. The van der Waals surface area contributed by atoms with Crippen LogP contribution in [0.1, 0.15) is 61.0 Å². The van der Waals surface area contributed by atoms with E-state index >= 15 is 0 Å². The fourth-order valence-electron chi connectivity index (χ4n) is 3.58. The summed E-state index contributed by atoms with van der Waals surface area (Å²) in [5.41, 5.74) is 4.17. The molecule has 1 N–H and O–H groups in total. The van der Waals surface area contributed by atoms with E-state index in [0.29, 0.717) is 5.56 Å². The Balaban J connectivity index is 1.52. The quantitative estimate of drug-likeness (QED) is 0.702. The van der Waals surface area contributed by atoms with Crippen molar-refractivity contribution in [1.82, 2.24) is 4.90 Å². The number of piperidine rings is 1. The van der Waals surface area contributed by atoms with E-state index in [1.165, 1.54) is 49.9 Å². The second-order valence-electron chi connectivity index (χ2n) is 7.91. The maximum atomic E-state index is 12.5. The Labute approximate surface area is 163 Å². The second-order valence-corrected chi connectivity index (χ2v) is 7.91. The van der Waals surface area contributed by atoms with E-state index < -0.39 is 0 Å². The number of rotatable bonds is 7. The SMILES string of the molecule is CCCCc1ccc(NC(=O)c2ccc(CN3CCC(C)CC3)cc2)cc1. The molecule has 0 radical (unpaired) electrons. The molecule has 2 aromatic rings. The van der Waals surface area contributed by atoms with Crippen molar-refractivity contribution in [2.24, 2.45) is 5.92 Å². The van der Waals surface area contributed by atoms with E-state index in [4.69, 9.17) is 0 Å².